The number of benzene rings is 1. The maximum atomic E-state index is 12.3. The molecule has 0 aliphatic carbocycles. The van der Waals surface area contributed by atoms with Gasteiger partial charge >= 0.3 is 0 Å². The SMILES string of the molecule is CCN1CCN(C(=O)[C@@H](N)Cc2ccccc2)CC1. The first kappa shape index (κ1) is 14.0. The average Bonchev–Trinajstić information content (AvgIpc) is 2.47. The van der Waals surface area contributed by atoms with Crippen LogP contribution in [0.1, 0.15) is 12.5 Å². The molecule has 1 aromatic carbocycles. The van der Waals surface area contributed by atoms with Gasteiger partial charge in [-0.25, -0.2) is 0 Å². The summed E-state index contributed by atoms with van der Waals surface area (Å²) in [6.07, 6.45) is 0.619. The van der Waals surface area contributed by atoms with Crippen molar-refractivity contribution in [3.8, 4) is 0 Å². The lowest BCUT2D eigenvalue weighted by Gasteiger charge is -2.35. The minimum absolute atomic E-state index is 0.0830. The molecule has 1 fully saturated rings. The number of nitrogens with zero attached hydrogens (tertiary/aromatic N) is 2. The fourth-order valence-corrected chi connectivity index (χ4v) is 2.47. The summed E-state index contributed by atoms with van der Waals surface area (Å²) < 4.78 is 0. The summed E-state index contributed by atoms with van der Waals surface area (Å²) in [6, 6.07) is 9.54. The summed E-state index contributed by atoms with van der Waals surface area (Å²) >= 11 is 0. The minimum Gasteiger partial charge on any atom is -0.339 e. The number of nitrogens with two attached hydrogens (primary N) is 1. The second-order valence-electron chi connectivity index (χ2n) is 5.06. The minimum atomic E-state index is -0.421. The van der Waals surface area contributed by atoms with Crippen molar-refractivity contribution in [2.75, 3.05) is 32.7 Å². The van der Waals surface area contributed by atoms with Crippen LogP contribution in [-0.2, 0) is 11.2 Å². The Labute approximate surface area is 115 Å². The standard InChI is InChI=1S/C15H23N3O/c1-2-17-8-10-18(11-9-17)15(19)14(16)12-13-6-4-3-5-7-13/h3-7,14H,2,8-12,16H2,1H3/t14-/m0/s1. The van der Waals surface area contributed by atoms with Gasteiger partial charge in [0.1, 0.15) is 0 Å². The van der Waals surface area contributed by atoms with Gasteiger partial charge in [0.2, 0.25) is 5.91 Å². The van der Waals surface area contributed by atoms with Crippen molar-refractivity contribution in [1.82, 2.24) is 9.80 Å². The number of piperazine rings is 1. The maximum absolute atomic E-state index is 12.3. The van der Waals surface area contributed by atoms with Crippen LogP contribution >= 0.6 is 0 Å². The monoisotopic (exact) mass is 261 g/mol. The molecule has 1 aliphatic rings. The Morgan fingerprint density at radius 3 is 2.42 bits per heavy atom. The predicted molar refractivity (Wildman–Crippen MR) is 76.8 cm³/mol. The maximum Gasteiger partial charge on any atom is 0.239 e. The van der Waals surface area contributed by atoms with E-state index in [2.05, 4.69) is 11.8 Å². The van der Waals surface area contributed by atoms with Gasteiger partial charge in [-0.2, -0.15) is 0 Å². The van der Waals surface area contributed by atoms with Gasteiger partial charge in [-0.15, -0.1) is 0 Å². The average molecular weight is 261 g/mol. The molecule has 0 saturated carbocycles. The van der Waals surface area contributed by atoms with E-state index in [-0.39, 0.29) is 5.91 Å². The Hall–Kier alpha value is -1.39. The van der Waals surface area contributed by atoms with E-state index in [1.165, 1.54) is 0 Å². The van der Waals surface area contributed by atoms with Gasteiger partial charge in [-0.05, 0) is 18.5 Å². The molecular formula is C15H23N3O. The summed E-state index contributed by atoms with van der Waals surface area (Å²) in [6.45, 7) is 6.72. The first-order chi connectivity index (χ1) is 9.20. The van der Waals surface area contributed by atoms with Gasteiger partial charge < -0.3 is 15.5 Å². The van der Waals surface area contributed by atoms with Gasteiger partial charge in [-0.1, -0.05) is 37.3 Å². The van der Waals surface area contributed by atoms with Crippen molar-refractivity contribution in [2.45, 2.75) is 19.4 Å². The molecule has 0 aromatic heterocycles. The first-order valence-electron chi connectivity index (χ1n) is 7.01. The van der Waals surface area contributed by atoms with Gasteiger partial charge in [0, 0.05) is 26.2 Å². The predicted octanol–water partition coefficient (Wildman–Crippen LogP) is 0.721. The number of carbonyl (C=O) groups is 1. The molecule has 4 heteroatoms. The van der Waals surface area contributed by atoms with Crippen molar-refractivity contribution in [3.63, 3.8) is 0 Å². The van der Waals surface area contributed by atoms with E-state index in [1.807, 2.05) is 35.2 Å². The van der Waals surface area contributed by atoms with E-state index in [0.29, 0.717) is 6.42 Å². The summed E-state index contributed by atoms with van der Waals surface area (Å²) in [5.74, 6) is 0.0830. The summed E-state index contributed by atoms with van der Waals surface area (Å²) in [5.41, 5.74) is 7.16. The Morgan fingerprint density at radius 2 is 1.84 bits per heavy atom. The van der Waals surface area contributed by atoms with Crippen LogP contribution in [0.3, 0.4) is 0 Å². The molecular weight excluding hydrogens is 238 g/mol. The third-order valence-electron chi connectivity index (χ3n) is 3.75. The molecule has 1 aliphatic heterocycles. The van der Waals surface area contributed by atoms with E-state index in [9.17, 15) is 4.79 Å². The normalized spacial score (nSPS) is 18.3. The van der Waals surface area contributed by atoms with E-state index < -0.39 is 6.04 Å². The number of carbonyl (C=O) groups excluding carboxylic acids is 1. The molecule has 1 amide bonds. The zero-order chi connectivity index (χ0) is 13.7. The highest BCUT2D eigenvalue weighted by Gasteiger charge is 2.24. The highest BCUT2D eigenvalue weighted by molar-refractivity contribution is 5.82. The smallest absolute Gasteiger partial charge is 0.239 e. The van der Waals surface area contributed by atoms with Gasteiger partial charge in [0.25, 0.3) is 0 Å². The van der Waals surface area contributed by atoms with Crippen LogP contribution in [0.4, 0.5) is 0 Å². The van der Waals surface area contributed by atoms with Gasteiger partial charge in [0.15, 0.2) is 0 Å². The van der Waals surface area contributed by atoms with Crippen molar-refractivity contribution in [2.24, 2.45) is 5.73 Å². The molecule has 19 heavy (non-hydrogen) atoms. The van der Waals surface area contributed by atoms with Crippen LogP contribution in [0, 0.1) is 0 Å². The molecule has 4 nitrogen and oxygen atoms in total. The van der Waals surface area contributed by atoms with Crippen molar-refractivity contribution >= 4 is 5.91 Å². The Balaban J connectivity index is 1.86. The molecule has 1 heterocycles. The molecule has 1 saturated heterocycles. The quantitative estimate of drug-likeness (QED) is 0.869. The molecule has 0 spiro atoms. The molecule has 0 unspecified atom stereocenters. The number of hydrogen-bond acceptors (Lipinski definition) is 3. The second-order valence-corrected chi connectivity index (χ2v) is 5.06. The summed E-state index contributed by atoms with van der Waals surface area (Å²) in [7, 11) is 0. The van der Waals surface area contributed by atoms with Crippen LogP contribution < -0.4 is 5.73 Å². The van der Waals surface area contributed by atoms with E-state index >= 15 is 0 Å². The van der Waals surface area contributed by atoms with Crippen LogP contribution in [0.2, 0.25) is 0 Å². The lowest BCUT2D eigenvalue weighted by molar-refractivity contribution is -0.134. The van der Waals surface area contributed by atoms with Crippen LogP contribution in [-0.4, -0.2) is 54.5 Å². The third kappa shape index (κ3) is 3.78. The lowest BCUT2D eigenvalue weighted by Crippen LogP contribution is -2.53. The Bertz CT molecular complexity index is 399. The van der Waals surface area contributed by atoms with E-state index in [1.54, 1.807) is 0 Å². The summed E-state index contributed by atoms with van der Waals surface area (Å²) in [5, 5.41) is 0. The molecule has 2 N–H and O–H groups in total. The highest BCUT2D eigenvalue weighted by atomic mass is 16.2. The number of hydrogen-bond donors (Lipinski definition) is 1. The molecule has 1 atom stereocenters. The highest BCUT2D eigenvalue weighted by Crippen LogP contribution is 2.07. The largest absolute Gasteiger partial charge is 0.339 e. The topological polar surface area (TPSA) is 49.6 Å². The number of amides is 1. The van der Waals surface area contributed by atoms with Crippen molar-refractivity contribution in [3.05, 3.63) is 35.9 Å². The van der Waals surface area contributed by atoms with Crippen LogP contribution in [0.25, 0.3) is 0 Å². The Morgan fingerprint density at radius 1 is 1.21 bits per heavy atom. The molecule has 2 rings (SSSR count). The van der Waals surface area contributed by atoms with Crippen molar-refractivity contribution < 1.29 is 4.79 Å². The number of rotatable bonds is 4. The second kappa shape index (κ2) is 6.68. The van der Waals surface area contributed by atoms with Crippen LogP contribution in [0.15, 0.2) is 30.3 Å². The fourth-order valence-electron chi connectivity index (χ4n) is 2.47. The van der Waals surface area contributed by atoms with Crippen LogP contribution in [0.5, 0.6) is 0 Å². The zero-order valence-corrected chi connectivity index (χ0v) is 11.6. The zero-order valence-electron chi connectivity index (χ0n) is 11.6. The Kier molecular flexibility index (Phi) is 4.93. The van der Waals surface area contributed by atoms with E-state index in [0.717, 1.165) is 38.3 Å². The third-order valence-corrected chi connectivity index (χ3v) is 3.75. The van der Waals surface area contributed by atoms with Gasteiger partial charge in [0.05, 0.1) is 6.04 Å². The van der Waals surface area contributed by atoms with Crippen molar-refractivity contribution in [1.29, 1.82) is 0 Å². The first-order valence-corrected chi connectivity index (χ1v) is 7.01. The molecule has 0 radical (unpaired) electrons. The van der Waals surface area contributed by atoms with Gasteiger partial charge in [-0.3, -0.25) is 4.79 Å². The lowest BCUT2D eigenvalue weighted by atomic mass is 10.1. The fraction of sp³-hybridized carbons (Fsp3) is 0.533. The molecule has 1 aromatic rings. The number of likely N-dealkylation sites (N-methyl/N-ethyl adjacent to an activating group) is 1. The van der Waals surface area contributed by atoms with E-state index in [4.69, 9.17) is 5.73 Å². The summed E-state index contributed by atoms with van der Waals surface area (Å²) in [4.78, 5) is 16.5. The molecule has 104 valence electrons. The molecule has 0 bridgehead atoms.